The minimum Gasteiger partial charge on any atom is -0.493 e. The fraction of sp³-hybridized carbons (Fsp3) is 0.529. The standard InChI is InChI=1S/C17H24N2O3/c1-14(17(21)19-11-6-3-7-12-19)18-16(20)10-13-22-15-8-4-2-5-9-15/h2,4-5,8-9,14H,3,6-7,10-13H2,1H3,(H,18,20). The van der Waals surface area contributed by atoms with Crippen molar-refractivity contribution in [1.82, 2.24) is 10.2 Å². The number of likely N-dealkylation sites (tertiary alicyclic amines) is 1. The summed E-state index contributed by atoms with van der Waals surface area (Å²) in [5.74, 6) is 0.596. The Balaban J connectivity index is 1.68. The van der Waals surface area contributed by atoms with Crippen LogP contribution >= 0.6 is 0 Å². The second-order valence-corrected chi connectivity index (χ2v) is 5.59. The van der Waals surface area contributed by atoms with E-state index in [9.17, 15) is 9.59 Å². The van der Waals surface area contributed by atoms with Crippen LogP contribution in [0.3, 0.4) is 0 Å². The summed E-state index contributed by atoms with van der Waals surface area (Å²) < 4.78 is 5.48. The molecule has 1 N–H and O–H groups in total. The number of para-hydroxylation sites is 1. The molecular formula is C17H24N2O3. The lowest BCUT2D eigenvalue weighted by atomic mass is 10.1. The van der Waals surface area contributed by atoms with Gasteiger partial charge in [0.15, 0.2) is 0 Å². The van der Waals surface area contributed by atoms with Crippen LogP contribution in [0.25, 0.3) is 0 Å². The lowest BCUT2D eigenvalue weighted by molar-refractivity contribution is -0.136. The highest BCUT2D eigenvalue weighted by molar-refractivity contribution is 5.87. The summed E-state index contributed by atoms with van der Waals surface area (Å²) in [6.45, 7) is 3.65. The number of rotatable bonds is 6. The van der Waals surface area contributed by atoms with Crippen molar-refractivity contribution < 1.29 is 14.3 Å². The van der Waals surface area contributed by atoms with E-state index < -0.39 is 6.04 Å². The molecule has 0 bridgehead atoms. The predicted octanol–water partition coefficient (Wildman–Crippen LogP) is 1.97. The van der Waals surface area contributed by atoms with Gasteiger partial charge in [-0.2, -0.15) is 0 Å². The van der Waals surface area contributed by atoms with E-state index in [0.717, 1.165) is 31.7 Å². The predicted molar refractivity (Wildman–Crippen MR) is 84.6 cm³/mol. The van der Waals surface area contributed by atoms with Crippen molar-refractivity contribution in [3.63, 3.8) is 0 Å². The summed E-state index contributed by atoms with van der Waals surface area (Å²) in [4.78, 5) is 25.9. The van der Waals surface area contributed by atoms with Crippen molar-refractivity contribution in [1.29, 1.82) is 0 Å². The molecule has 120 valence electrons. The number of piperidine rings is 1. The van der Waals surface area contributed by atoms with Gasteiger partial charge in [0.05, 0.1) is 13.0 Å². The van der Waals surface area contributed by atoms with Crippen LogP contribution in [0.2, 0.25) is 0 Å². The molecular weight excluding hydrogens is 280 g/mol. The number of carbonyl (C=O) groups excluding carboxylic acids is 2. The Morgan fingerprint density at radius 3 is 2.55 bits per heavy atom. The average Bonchev–Trinajstić information content (AvgIpc) is 2.56. The third kappa shape index (κ3) is 5.06. The number of hydrogen-bond acceptors (Lipinski definition) is 3. The third-order valence-electron chi connectivity index (χ3n) is 3.76. The summed E-state index contributed by atoms with van der Waals surface area (Å²) in [6, 6.07) is 8.90. The highest BCUT2D eigenvalue weighted by Gasteiger charge is 2.23. The maximum absolute atomic E-state index is 12.2. The molecule has 2 amide bonds. The minimum atomic E-state index is -0.470. The van der Waals surface area contributed by atoms with Crippen LogP contribution in [0.15, 0.2) is 30.3 Å². The van der Waals surface area contributed by atoms with E-state index in [1.54, 1.807) is 6.92 Å². The van der Waals surface area contributed by atoms with E-state index in [-0.39, 0.29) is 18.2 Å². The molecule has 2 rings (SSSR count). The molecule has 1 aromatic rings. The fourth-order valence-corrected chi connectivity index (χ4v) is 2.54. The molecule has 1 aromatic carbocycles. The number of carbonyl (C=O) groups is 2. The molecule has 22 heavy (non-hydrogen) atoms. The zero-order valence-corrected chi connectivity index (χ0v) is 13.1. The average molecular weight is 304 g/mol. The Morgan fingerprint density at radius 1 is 1.18 bits per heavy atom. The molecule has 0 aliphatic carbocycles. The van der Waals surface area contributed by atoms with Crippen LogP contribution in [-0.2, 0) is 9.59 Å². The normalized spacial score (nSPS) is 16.0. The fourth-order valence-electron chi connectivity index (χ4n) is 2.54. The van der Waals surface area contributed by atoms with Crippen molar-refractivity contribution in [2.75, 3.05) is 19.7 Å². The molecule has 0 radical (unpaired) electrons. The lowest BCUT2D eigenvalue weighted by Gasteiger charge is -2.29. The van der Waals surface area contributed by atoms with E-state index >= 15 is 0 Å². The van der Waals surface area contributed by atoms with Crippen molar-refractivity contribution in [3.05, 3.63) is 30.3 Å². The first-order valence-electron chi connectivity index (χ1n) is 7.93. The Hall–Kier alpha value is -2.04. The maximum atomic E-state index is 12.2. The topological polar surface area (TPSA) is 58.6 Å². The molecule has 5 heteroatoms. The van der Waals surface area contributed by atoms with Crippen LogP contribution in [0.4, 0.5) is 0 Å². The second kappa shape index (κ2) is 8.41. The molecule has 0 spiro atoms. The van der Waals surface area contributed by atoms with E-state index in [4.69, 9.17) is 4.74 Å². The first-order valence-corrected chi connectivity index (χ1v) is 7.93. The number of nitrogens with zero attached hydrogens (tertiary/aromatic N) is 1. The molecule has 1 aliphatic rings. The number of amides is 2. The zero-order valence-electron chi connectivity index (χ0n) is 13.1. The largest absolute Gasteiger partial charge is 0.493 e. The smallest absolute Gasteiger partial charge is 0.244 e. The first kappa shape index (κ1) is 16.3. The summed E-state index contributed by atoms with van der Waals surface area (Å²) in [7, 11) is 0. The highest BCUT2D eigenvalue weighted by atomic mass is 16.5. The quantitative estimate of drug-likeness (QED) is 0.874. The van der Waals surface area contributed by atoms with Gasteiger partial charge < -0.3 is 15.0 Å². The van der Waals surface area contributed by atoms with Gasteiger partial charge in [-0.05, 0) is 38.3 Å². The lowest BCUT2D eigenvalue weighted by Crippen LogP contribution is -2.48. The SMILES string of the molecule is CC(NC(=O)CCOc1ccccc1)C(=O)N1CCCCC1. The maximum Gasteiger partial charge on any atom is 0.244 e. The van der Waals surface area contributed by atoms with E-state index in [2.05, 4.69) is 5.32 Å². The summed E-state index contributed by atoms with van der Waals surface area (Å²) in [5, 5.41) is 2.75. The van der Waals surface area contributed by atoms with Crippen LogP contribution in [0.1, 0.15) is 32.6 Å². The van der Waals surface area contributed by atoms with Gasteiger partial charge in [0.2, 0.25) is 11.8 Å². The monoisotopic (exact) mass is 304 g/mol. The molecule has 0 aromatic heterocycles. The molecule has 1 heterocycles. The van der Waals surface area contributed by atoms with E-state index in [1.807, 2.05) is 35.2 Å². The minimum absolute atomic E-state index is 0.0111. The van der Waals surface area contributed by atoms with Crippen LogP contribution in [-0.4, -0.2) is 42.5 Å². The summed E-state index contributed by atoms with van der Waals surface area (Å²) >= 11 is 0. The number of ether oxygens (including phenoxy) is 1. The Kier molecular flexibility index (Phi) is 6.25. The van der Waals surface area contributed by atoms with Gasteiger partial charge in [0, 0.05) is 13.1 Å². The molecule has 1 saturated heterocycles. The molecule has 1 aliphatic heterocycles. The van der Waals surface area contributed by atoms with E-state index in [1.165, 1.54) is 6.42 Å². The molecule has 1 atom stereocenters. The number of nitrogens with one attached hydrogen (secondary N) is 1. The van der Waals surface area contributed by atoms with Gasteiger partial charge in [-0.25, -0.2) is 0 Å². The first-order chi connectivity index (χ1) is 10.7. The highest BCUT2D eigenvalue weighted by Crippen LogP contribution is 2.10. The Labute approximate surface area is 131 Å². The van der Waals surface area contributed by atoms with Crippen molar-refractivity contribution >= 4 is 11.8 Å². The summed E-state index contributed by atoms with van der Waals surface area (Å²) in [6.07, 6.45) is 3.53. The van der Waals surface area contributed by atoms with Crippen LogP contribution < -0.4 is 10.1 Å². The van der Waals surface area contributed by atoms with Crippen LogP contribution in [0, 0.1) is 0 Å². The Bertz CT molecular complexity index is 484. The zero-order chi connectivity index (χ0) is 15.8. The molecule has 1 unspecified atom stereocenters. The van der Waals surface area contributed by atoms with E-state index in [0.29, 0.717) is 6.61 Å². The van der Waals surface area contributed by atoms with Gasteiger partial charge in [0.1, 0.15) is 11.8 Å². The second-order valence-electron chi connectivity index (χ2n) is 5.59. The van der Waals surface area contributed by atoms with Gasteiger partial charge in [-0.1, -0.05) is 18.2 Å². The van der Waals surface area contributed by atoms with Crippen molar-refractivity contribution in [2.24, 2.45) is 0 Å². The molecule has 1 fully saturated rings. The van der Waals surface area contributed by atoms with Crippen LogP contribution in [0.5, 0.6) is 5.75 Å². The van der Waals surface area contributed by atoms with Gasteiger partial charge in [-0.3, -0.25) is 9.59 Å². The van der Waals surface area contributed by atoms with Gasteiger partial charge in [-0.15, -0.1) is 0 Å². The third-order valence-corrected chi connectivity index (χ3v) is 3.76. The Morgan fingerprint density at radius 2 is 1.86 bits per heavy atom. The number of benzene rings is 1. The molecule has 5 nitrogen and oxygen atoms in total. The number of hydrogen-bond donors (Lipinski definition) is 1. The summed E-state index contributed by atoms with van der Waals surface area (Å²) in [5.41, 5.74) is 0. The molecule has 0 saturated carbocycles. The van der Waals surface area contributed by atoms with Gasteiger partial charge in [0.25, 0.3) is 0 Å². The van der Waals surface area contributed by atoms with Crippen molar-refractivity contribution in [2.45, 2.75) is 38.6 Å². The van der Waals surface area contributed by atoms with Crippen molar-refractivity contribution in [3.8, 4) is 5.75 Å². The van der Waals surface area contributed by atoms with Gasteiger partial charge >= 0.3 is 0 Å².